The van der Waals surface area contributed by atoms with E-state index in [0.717, 1.165) is 6.26 Å². The first kappa shape index (κ1) is 15.2. The summed E-state index contributed by atoms with van der Waals surface area (Å²) < 4.78 is 22.5. The Morgan fingerprint density at radius 3 is 2.37 bits per heavy atom. The van der Waals surface area contributed by atoms with Crippen LogP contribution < -0.4 is 11.1 Å². The summed E-state index contributed by atoms with van der Waals surface area (Å²) in [6, 6.07) is 5.94. The van der Waals surface area contributed by atoms with Crippen molar-refractivity contribution < 1.29 is 13.2 Å². The van der Waals surface area contributed by atoms with Gasteiger partial charge in [0.25, 0.3) is 0 Å². The zero-order valence-electron chi connectivity index (χ0n) is 10.9. The molecule has 0 aliphatic heterocycles. The predicted molar refractivity (Wildman–Crippen MR) is 75.0 cm³/mol. The Kier molecular flexibility index (Phi) is 5.05. The number of hydrogen-bond acceptors (Lipinski definition) is 4. The SMILES string of the molecule is CCC(N)=NCC(=O)Nc1ccc(S(C)(=O)=O)cc1. The summed E-state index contributed by atoms with van der Waals surface area (Å²) in [4.78, 5) is 15.6. The Labute approximate surface area is 112 Å². The van der Waals surface area contributed by atoms with Crippen molar-refractivity contribution in [1.82, 2.24) is 0 Å². The Bertz CT molecular complexity index is 577. The van der Waals surface area contributed by atoms with E-state index in [-0.39, 0.29) is 17.3 Å². The first-order chi connectivity index (χ1) is 8.82. The van der Waals surface area contributed by atoms with Crippen LogP contribution in [0.5, 0.6) is 0 Å². The van der Waals surface area contributed by atoms with E-state index in [1.165, 1.54) is 24.3 Å². The summed E-state index contributed by atoms with van der Waals surface area (Å²) in [6.07, 6.45) is 1.72. The quantitative estimate of drug-likeness (QED) is 0.616. The number of sulfone groups is 1. The normalized spacial score (nSPS) is 12.2. The average Bonchev–Trinajstić information content (AvgIpc) is 2.35. The van der Waals surface area contributed by atoms with Gasteiger partial charge in [-0.15, -0.1) is 0 Å². The fourth-order valence-corrected chi connectivity index (χ4v) is 1.90. The van der Waals surface area contributed by atoms with Gasteiger partial charge in [-0.3, -0.25) is 9.79 Å². The van der Waals surface area contributed by atoms with Crippen LogP contribution in [-0.2, 0) is 14.6 Å². The van der Waals surface area contributed by atoms with Crippen molar-refractivity contribution in [3.8, 4) is 0 Å². The summed E-state index contributed by atoms with van der Waals surface area (Å²) >= 11 is 0. The molecular weight excluding hydrogens is 266 g/mol. The molecule has 0 bridgehead atoms. The van der Waals surface area contributed by atoms with Crippen molar-refractivity contribution >= 4 is 27.3 Å². The van der Waals surface area contributed by atoms with Crippen molar-refractivity contribution in [2.45, 2.75) is 18.2 Å². The van der Waals surface area contributed by atoms with Crippen LogP contribution >= 0.6 is 0 Å². The minimum atomic E-state index is -3.22. The van der Waals surface area contributed by atoms with Gasteiger partial charge >= 0.3 is 0 Å². The molecule has 0 saturated heterocycles. The molecule has 0 aliphatic rings. The number of amides is 1. The van der Waals surface area contributed by atoms with Crippen LogP contribution in [0.3, 0.4) is 0 Å². The summed E-state index contributed by atoms with van der Waals surface area (Å²) in [5, 5.41) is 2.60. The lowest BCUT2D eigenvalue weighted by atomic mass is 10.3. The lowest BCUT2D eigenvalue weighted by Crippen LogP contribution is -2.18. The highest BCUT2D eigenvalue weighted by Gasteiger charge is 2.07. The van der Waals surface area contributed by atoms with Crippen molar-refractivity contribution in [2.75, 3.05) is 18.1 Å². The van der Waals surface area contributed by atoms with Crippen molar-refractivity contribution in [2.24, 2.45) is 10.7 Å². The van der Waals surface area contributed by atoms with Crippen LogP contribution in [0.25, 0.3) is 0 Å². The lowest BCUT2D eigenvalue weighted by Gasteiger charge is -2.04. The molecule has 0 aromatic heterocycles. The van der Waals surface area contributed by atoms with Gasteiger partial charge in [-0.1, -0.05) is 6.92 Å². The molecule has 0 spiro atoms. The maximum atomic E-state index is 11.5. The molecule has 1 aromatic carbocycles. The fraction of sp³-hybridized carbons (Fsp3) is 0.333. The van der Waals surface area contributed by atoms with Gasteiger partial charge in [-0.05, 0) is 24.3 Å². The number of nitrogens with two attached hydrogens (primary N) is 1. The van der Waals surface area contributed by atoms with Gasteiger partial charge in [0.1, 0.15) is 6.54 Å². The summed E-state index contributed by atoms with van der Waals surface area (Å²) in [6.45, 7) is 1.80. The Balaban J connectivity index is 2.66. The van der Waals surface area contributed by atoms with Gasteiger partial charge in [-0.25, -0.2) is 8.42 Å². The summed E-state index contributed by atoms with van der Waals surface area (Å²) in [7, 11) is -3.22. The van der Waals surface area contributed by atoms with Crippen LogP contribution in [-0.4, -0.2) is 33.0 Å². The Hall–Kier alpha value is -1.89. The summed E-state index contributed by atoms with van der Waals surface area (Å²) in [5.41, 5.74) is 6.00. The smallest absolute Gasteiger partial charge is 0.246 e. The number of rotatable bonds is 5. The molecule has 0 atom stereocenters. The van der Waals surface area contributed by atoms with Crippen LogP contribution in [0.2, 0.25) is 0 Å². The zero-order chi connectivity index (χ0) is 14.5. The third-order valence-electron chi connectivity index (χ3n) is 2.35. The second-order valence-electron chi connectivity index (χ2n) is 4.01. The van der Waals surface area contributed by atoms with Gasteiger partial charge in [0.2, 0.25) is 5.91 Å². The van der Waals surface area contributed by atoms with E-state index in [2.05, 4.69) is 10.3 Å². The number of carbonyl (C=O) groups excluding carboxylic acids is 1. The third-order valence-corrected chi connectivity index (χ3v) is 3.48. The third kappa shape index (κ3) is 5.09. The Morgan fingerprint density at radius 1 is 1.32 bits per heavy atom. The Morgan fingerprint density at radius 2 is 1.89 bits per heavy atom. The molecule has 104 valence electrons. The molecule has 6 nitrogen and oxygen atoms in total. The van der Waals surface area contributed by atoms with Crippen molar-refractivity contribution in [1.29, 1.82) is 0 Å². The van der Waals surface area contributed by atoms with Gasteiger partial charge in [-0.2, -0.15) is 0 Å². The molecule has 3 N–H and O–H groups in total. The second-order valence-corrected chi connectivity index (χ2v) is 6.02. The molecule has 0 aliphatic carbocycles. The van der Waals surface area contributed by atoms with Crippen LogP contribution in [0.4, 0.5) is 5.69 Å². The number of aliphatic imine (C=N–C) groups is 1. The fourth-order valence-electron chi connectivity index (χ4n) is 1.27. The average molecular weight is 283 g/mol. The highest BCUT2D eigenvalue weighted by Crippen LogP contribution is 2.13. The number of anilines is 1. The molecule has 1 amide bonds. The minimum Gasteiger partial charge on any atom is -0.387 e. The first-order valence-corrected chi connectivity index (χ1v) is 7.61. The molecule has 0 fully saturated rings. The number of nitrogens with zero attached hydrogens (tertiary/aromatic N) is 1. The van der Waals surface area contributed by atoms with E-state index < -0.39 is 9.84 Å². The molecule has 0 saturated carbocycles. The van der Waals surface area contributed by atoms with Gasteiger partial charge in [0.15, 0.2) is 9.84 Å². The molecule has 0 heterocycles. The van der Waals surface area contributed by atoms with Gasteiger partial charge in [0, 0.05) is 18.4 Å². The second kappa shape index (κ2) is 6.33. The van der Waals surface area contributed by atoms with Crippen LogP contribution in [0, 0.1) is 0 Å². The maximum absolute atomic E-state index is 11.5. The van der Waals surface area contributed by atoms with E-state index in [0.29, 0.717) is 17.9 Å². The van der Waals surface area contributed by atoms with Gasteiger partial charge in [0.05, 0.1) is 10.7 Å². The molecular formula is C12H17N3O3S. The lowest BCUT2D eigenvalue weighted by molar-refractivity contribution is -0.114. The predicted octanol–water partition coefficient (Wildman–Crippen LogP) is 0.796. The molecule has 7 heteroatoms. The first-order valence-electron chi connectivity index (χ1n) is 5.71. The molecule has 0 radical (unpaired) electrons. The van der Waals surface area contributed by atoms with E-state index in [4.69, 9.17) is 5.73 Å². The van der Waals surface area contributed by atoms with E-state index in [9.17, 15) is 13.2 Å². The maximum Gasteiger partial charge on any atom is 0.246 e. The molecule has 1 aromatic rings. The van der Waals surface area contributed by atoms with E-state index in [1.54, 1.807) is 0 Å². The topological polar surface area (TPSA) is 102 Å². The number of benzene rings is 1. The van der Waals surface area contributed by atoms with E-state index in [1.807, 2.05) is 6.92 Å². The number of nitrogens with one attached hydrogen (secondary N) is 1. The zero-order valence-corrected chi connectivity index (χ0v) is 11.7. The highest BCUT2D eigenvalue weighted by atomic mass is 32.2. The monoisotopic (exact) mass is 283 g/mol. The van der Waals surface area contributed by atoms with Crippen molar-refractivity contribution in [3.05, 3.63) is 24.3 Å². The van der Waals surface area contributed by atoms with Crippen LogP contribution in [0.1, 0.15) is 13.3 Å². The van der Waals surface area contributed by atoms with Gasteiger partial charge < -0.3 is 11.1 Å². The molecule has 0 unspecified atom stereocenters. The molecule has 1 rings (SSSR count). The largest absolute Gasteiger partial charge is 0.387 e. The van der Waals surface area contributed by atoms with Crippen molar-refractivity contribution in [3.63, 3.8) is 0 Å². The highest BCUT2D eigenvalue weighted by molar-refractivity contribution is 7.90. The van der Waals surface area contributed by atoms with Crippen LogP contribution in [0.15, 0.2) is 34.2 Å². The number of hydrogen-bond donors (Lipinski definition) is 2. The number of amidine groups is 1. The molecule has 19 heavy (non-hydrogen) atoms. The number of carbonyl (C=O) groups is 1. The van der Waals surface area contributed by atoms with E-state index >= 15 is 0 Å². The summed E-state index contributed by atoms with van der Waals surface area (Å²) in [5.74, 6) is 0.117. The minimum absolute atomic E-state index is 0.0481. The standard InChI is InChI=1S/C12H17N3O3S/c1-3-11(13)14-8-12(16)15-9-4-6-10(7-5-9)19(2,17)18/h4-7H,3,8H2,1-2H3,(H2,13,14)(H,15,16).